The van der Waals surface area contributed by atoms with E-state index in [1.54, 1.807) is 0 Å². The van der Waals surface area contributed by atoms with Gasteiger partial charge in [0.05, 0.1) is 11.9 Å². The van der Waals surface area contributed by atoms with Crippen LogP contribution < -0.4 is 4.90 Å². The summed E-state index contributed by atoms with van der Waals surface area (Å²) in [5.41, 5.74) is 1.28. The molecule has 2 rings (SSSR count). The zero-order valence-electron chi connectivity index (χ0n) is 9.52. The lowest BCUT2D eigenvalue weighted by Gasteiger charge is -2.35. The van der Waals surface area contributed by atoms with Crippen LogP contribution in [0.15, 0.2) is 24.5 Å². The van der Waals surface area contributed by atoms with Crippen molar-refractivity contribution in [1.29, 1.82) is 0 Å². The second kappa shape index (κ2) is 5.15. The highest BCUT2D eigenvalue weighted by Gasteiger charge is 2.19. The van der Waals surface area contributed by atoms with Crippen LogP contribution in [0, 0.1) is 0 Å². The molecule has 1 fully saturated rings. The standard InChI is InChI=1S/C13H20N2/c1-2-15(12-7-4-3-5-8-12)13-9-6-10-14-11-13/h6,9-12H,2-5,7-8H2,1H3. The van der Waals surface area contributed by atoms with Crippen LogP contribution in [0.4, 0.5) is 5.69 Å². The van der Waals surface area contributed by atoms with Gasteiger partial charge in [-0.25, -0.2) is 0 Å². The van der Waals surface area contributed by atoms with Crippen molar-refractivity contribution in [3.63, 3.8) is 0 Å². The van der Waals surface area contributed by atoms with Crippen molar-refractivity contribution < 1.29 is 0 Å². The maximum absolute atomic E-state index is 4.21. The molecule has 1 saturated carbocycles. The third-order valence-electron chi connectivity index (χ3n) is 3.33. The molecule has 1 aromatic rings. The van der Waals surface area contributed by atoms with Crippen LogP contribution in [0.25, 0.3) is 0 Å². The van der Waals surface area contributed by atoms with Gasteiger partial charge in [-0.15, -0.1) is 0 Å². The molecule has 1 aliphatic carbocycles. The number of pyridine rings is 1. The van der Waals surface area contributed by atoms with Gasteiger partial charge in [0.25, 0.3) is 0 Å². The van der Waals surface area contributed by atoms with Gasteiger partial charge in [0.1, 0.15) is 0 Å². The summed E-state index contributed by atoms with van der Waals surface area (Å²) in [5, 5.41) is 0. The van der Waals surface area contributed by atoms with E-state index < -0.39 is 0 Å². The molecule has 0 unspecified atom stereocenters. The molecule has 15 heavy (non-hydrogen) atoms. The van der Waals surface area contributed by atoms with Crippen molar-refractivity contribution in [2.24, 2.45) is 0 Å². The predicted molar refractivity (Wildman–Crippen MR) is 64.1 cm³/mol. The first-order valence-electron chi connectivity index (χ1n) is 6.08. The molecule has 0 bridgehead atoms. The van der Waals surface area contributed by atoms with Gasteiger partial charge in [-0.3, -0.25) is 4.98 Å². The van der Waals surface area contributed by atoms with Crippen LogP contribution in [-0.4, -0.2) is 17.6 Å². The lowest BCUT2D eigenvalue weighted by atomic mass is 9.94. The van der Waals surface area contributed by atoms with Crippen molar-refractivity contribution in [3.05, 3.63) is 24.5 Å². The predicted octanol–water partition coefficient (Wildman–Crippen LogP) is 3.24. The lowest BCUT2D eigenvalue weighted by molar-refractivity contribution is 0.418. The molecule has 0 N–H and O–H groups in total. The van der Waals surface area contributed by atoms with E-state index in [2.05, 4.69) is 22.9 Å². The lowest BCUT2D eigenvalue weighted by Crippen LogP contribution is -2.36. The van der Waals surface area contributed by atoms with E-state index in [-0.39, 0.29) is 0 Å². The first-order chi connectivity index (χ1) is 7.42. The third kappa shape index (κ3) is 2.49. The highest BCUT2D eigenvalue weighted by atomic mass is 15.2. The molecular weight excluding hydrogens is 184 g/mol. The third-order valence-corrected chi connectivity index (χ3v) is 3.33. The summed E-state index contributed by atoms with van der Waals surface area (Å²) in [7, 11) is 0. The Kier molecular flexibility index (Phi) is 3.59. The molecule has 1 heterocycles. The van der Waals surface area contributed by atoms with E-state index in [0.717, 1.165) is 12.6 Å². The monoisotopic (exact) mass is 204 g/mol. The summed E-state index contributed by atoms with van der Waals surface area (Å²) in [6.07, 6.45) is 10.7. The van der Waals surface area contributed by atoms with Gasteiger partial charge in [-0.2, -0.15) is 0 Å². The van der Waals surface area contributed by atoms with Crippen LogP contribution in [0.1, 0.15) is 39.0 Å². The molecular formula is C13H20N2. The van der Waals surface area contributed by atoms with E-state index in [9.17, 15) is 0 Å². The van der Waals surface area contributed by atoms with Crippen LogP contribution in [0.2, 0.25) is 0 Å². The molecule has 82 valence electrons. The molecule has 0 saturated heterocycles. The quantitative estimate of drug-likeness (QED) is 0.751. The van der Waals surface area contributed by atoms with E-state index in [0.29, 0.717) is 0 Å². The topological polar surface area (TPSA) is 16.1 Å². The first-order valence-corrected chi connectivity index (χ1v) is 6.08. The molecule has 0 atom stereocenters. The van der Waals surface area contributed by atoms with Gasteiger partial charge >= 0.3 is 0 Å². The smallest absolute Gasteiger partial charge is 0.0555 e. The minimum Gasteiger partial charge on any atom is -0.368 e. The van der Waals surface area contributed by atoms with Gasteiger partial charge in [0.15, 0.2) is 0 Å². The van der Waals surface area contributed by atoms with Crippen molar-refractivity contribution in [2.45, 2.75) is 45.1 Å². The minimum atomic E-state index is 0.743. The van der Waals surface area contributed by atoms with Gasteiger partial charge in [0, 0.05) is 18.8 Å². The van der Waals surface area contributed by atoms with E-state index >= 15 is 0 Å². The summed E-state index contributed by atoms with van der Waals surface area (Å²) in [6, 6.07) is 4.94. The van der Waals surface area contributed by atoms with Crippen LogP contribution in [-0.2, 0) is 0 Å². The summed E-state index contributed by atoms with van der Waals surface area (Å²) in [6.45, 7) is 3.33. The largest absolute Gasteiger partial charge is 0.368 e. The van der Waals surface area contributed by atoms with Gasteiger partial charge < -0.3 is 4.90 Å². The Morgan fingerprint density at radius 2 is 2.13 bits per heavy atom. The molecule has 1 aliphatic rings. The summed E-state index contributed by atoms with van der Waals surface area (Å²) in [5.74, 6) is 0. The number of rotatable bonds is 3. The van der Waals surface area contributed by atoms with Crippen molar-refractivity contribution in [2.75, 3.05) is 11.4 Å². The zero-order valence-corrected chi connectivity index (χ0v) is 9.52. The summed E-state index contributed by atoms with van der Waals surface area (Å²) in [4.78, 5) is 6.71. The Labute approximate surface area is 92.3 Å². The molecule has 0 amide bonds. The number of anilines is 1. The molecule has 2 heteroatoms. The molecule has 2 nitrogen and oxygen atoms in total. The van der Waals surface area contributed by atoms with E-state index in [1.165, 1.54) is 37.8 Å². The Bertz CT molecular complexity index is 278. The van der Waals surface area contributed by atoms with Crippen molar-refractivity contribution in [1.82, 2.24) is 4.98 Å². The van der Waals surface area contributed by atoms with Gasteiger partial charge in [-0.1, -0.05) is 19.3 Å². The van der Waals surface area contributed by atoms with Crippen LogP contribution in [0.5, 0.6) is 0 Å². The summed E-state index contributed by atoms with van der Waals surface area (Å²) < 4.78 is 0. The van der Waals surface area contributed by atoms with Crippen molar-refractivity contribution >= 4 is 5.69 Å². The molecule has 0 aromatic carbocycles. The van der Waals surface area contributed by atoms with E-state index in [1.807, 2.05) is 18.5 Å². The molecule has 0 spiro atoms. The Morgan fingerprint density at radius 3 is 2.73 bits per heavy atom. The Balaban J connectivity index is 2.09. The fourth-order valence-electron chi connectivity index (χ4n) is 2.57. The fourth-order valence-corrected chi connectivity index (χ4v) is 2.57. The second-order valence-corrected chi connectivity index (χ2v) is 4.29. The van der Waals surface area contributed by atoms with Gasteiger partial charge in [0.2, 0.25) is 0 Å². The summed E-state index contributed by atoms with van der Waals surface area (Å²) >= 11 is 0. The SMILES string of the molecule is CCN(c1cccnc1)C1CCCCC1. The maximum Gasteiger partial charge on any atom is 0.0555 e. The second-order valence-electron chi connectivity index (χ2n) is 4.29. The molecule has 0 aliphatic heterocycles. The number of nitrogens with zero attached hydrogens (tertiary/aromatic N) is 2. The minimum absolute atomic E-state index is 0.743. The molecule has 0 radical (unpaired) electrons. The van der Waals surface area contributed by atoms with E-state index in [4.69, 9.17) is 0 Å². The number of hydrogen-bond donors (Lipinski definition) is 0. The Morgan fingerprint density at radius 1 is 1.33 bits per heavy atom. The highest BCUT2D eigenvalue weighted by molar-refractivity contribution is 5.44. The highest BCUT2D eigenvalue weighted by Crippen LogP contribution is 2.26. The van der Waals surface area contributed by atoms with Crippen LogP contribution >= 0.6 is 0 Å². The number of aromatic nitrogens is 1. The van der Waals surface area contributed by atoms with Gasteiger partial charge in [-0.05, 0) is 31.9 Å². The number of hydrogen-bond acceptors (Lipinski definition) is 2. The Hall–Kier alpha value is -1.05. The van der Waals surface area contributed by atoms with Crippen LogP contribution in [0.3, 0.4) is 0 Å². The normalized spacial score (nSPS) is 17.7. The average Bonchev–Trinajstić information content (AvgIpc) is 2.33. The van der Waals surface area contributed by atoms with Crippen molar-refractivity contribution in [3.8, 4) is 0 Å². The maximum atomic E-state index is 4.21. The zero-order chi connectivity index (χ0) is 10.5. The average molecular weight is 204 g/mol. The first kappa shape index (κ1) is 10.5. The molecule has 1 aromatic heterocycles. The fraction of sp³-hybridized carbons (Fsp3) is 0.615.